The van der Waals surface area contributed by atoms with Crippen LogP contribution in [0.1, 0.15) is 11.1 Å². The van der Waals surface area contributed by atoms with Gasteiger partial charge in [0.1, 0.15) is 0 Å². The van der Waals surface area contributed by atoms with Gasteiger partial charge in [0, 0.05) is 12.6 Å². The molecule has 0 atom stereocenters. The smallest absolute Gasteiger partial charge is 0.310 e. The van der Waals surface area contributed by atoms with Crippen LogP contribution in [0.25, 0.3) is 0 Å². The number of nitrogens with one attached hydrogen (secondary N) is 1. The Bertz CT molecular complexity index is 572. The van der Waals surface area contributed by atoms with Crippen LogP contribution in [0.5, 0.6) is 0 Å². The molecule has 0 bridgehead atoms. The van der Waals surface area contributed by atoms with E-state index < -0.39 is 10.1 Å². The van der Waals surface area contributed by atoms with Crippen LogP contribution < -0.4 is 0 Å². The highest BCUT2D eigenvalue weighted by Crippen LogP contribution is 2.17. The van der Waals surface area contributed by atoms with Crippen LogP contribution in [-0.4, -0.2) is 18.0 Å². The summed E-state index contributed by atoms with van der Waals surface area (Å²) < 4.78 is 31.0. The maximum atomic E-state index is 11.0. The van der Waals surface area contributed by atoms with Crippen molar-refractivity contribution in [3.05, 3.63) is 53.7 Å². The quantitative estimate of drug-likeness (QED) is 0.800. The molecule has 0 amide bonds. The molecule has 0 spiro atoms. The molecule has 0 fully saturated rings. The molecule has 0 aliphatic heterocycles. The van der Waals surface area contributed by atoms with Gasteiger partial charge in [-0.15, -0.1) is 0 Å². The van der Waals surface area contributed by atoms with Gasteiger partial charge in [-0.1, -0.05) is 30.3 Å². The fourth-order valence-electron chi connectivity index (χ4n) is 1.58. The second-order valence-corrected chi connectivity index (χ2v) is 4.83. The van der Waals surface area contributed by atoms with Gasteiger partial charge in [-0.3, -0.25) is 4.55 Å². The first kappa shape index (κ1) is 10.9. The number of hydrogen-bond acceptors (Lipinski definition) is 2. The molecule has 2 N–H and O–H groups in total. The molecule has 0 saturated carbocycles. The third-order valence-electron chi connectivity index (χ3n) is 2.29. The molecular formula is C11H11NO3S. The summed E-state index contributed by atoms with van der Waals surface area (Å²) in [7, 11) is -4.17. The Morgan fingerprint density at radius 2 is 1.81 bits per heavy atom. The lowest BCUT2D eigenvalue weighted by atomic mass is 10.1. The van der Waals surface area contributed by atoms with Crippen LogP contribution in [0.2, 0.25) is 0 Å². The first-order chi connectivity index (χ1) is 7.57. The first-order valence-corrected chi connectivity index (χ1v) is 6.19. The van der Waals surface area contributed by atoms with Crippen molar-refractivity contribution >= 4 is 10.1 Å². The Morgan fingerprint density at radius 1 is 1.12 bits per heavy atom. The molecule has 16 heavy (non-hydrogen) atoms. The second-order valence-electron chi connectivity index (χ2n) is 3.47. The average Bonchev–Trinajstić information content (AvgIpc) is 2.67. The highest BCUT2D eigenvalue weighted by atomic mass is 32.2. The van der Waals surface area contributed by atoms with E-state index >= 15 is 0 Å². The number of hydrogen-bond donors (Lipinski definition) is 2. The van der Waals surface area contributed by atoms with E-state index in [-0.39, 0.29) is 5.03 Å². The summed E-state index contributed by atoms with van der Waals surface area (Å²) in [6.07, 6.45) is 1.97. The van der Waals surface area contributed by atoms with E-state index in [1.54, 1.807) is 6.07 Å². The molecule has 84 valence electrons. The number of aromatic amines is 1. The van der Waals surface area contributed by atoms with E-state index in [0.29, 0.717) is 12.0 Å². The van der Waals surface area contributed by atoms with Crippen LogP contribution in [0.15, 0.2) is 47.6 Å². The minimum absolute atomic E-state index is 0.128. The van der Waals surface area contributed by atoms with Crippen molar-refractivity contribution in [2.75, 3.05) is 0 Å². The monoisotopic (exact) mass is 237 g/mol. The summed E-state index contributed by atoms with van der Waals surface area (Å²) in [6, 6.07) is 11.1. The zero-order valence-electron chi connectivity index (χ0n) is 8.42. The lowest BCUT2D eigenvalue weighted by Crippen LogP contribution is -2.02. The van der Waals surface area contributed by atoms with Crippen molar-refractivity contribution in [1.82, 2.24) is 4.98 Å². The lowest BCUT2D eigenvalue weighted by molar-refractivity contribution is 0.479. The third-order valence-corrected chi connectivity index (χ3v) is 3.18. The Balaban J connectivity index is 2.34. The highest BCUT2D eigenvalue weighted by molar-refractivity contribution is 7.85. The van der Waals surface area contributed by atoms with E-state index in [1.165, 1.54) is 6.20 Å². The van der Waals surface area contributed by atoms with Gasteiger partial charge < -0.3 is 4.98 Å². The number of aromatic nitrogens is 1. The molecule has 0 saturated heterocycles. The normalized spacial score (nSPS) is 11.6. The summed E-state index contributed by atoms with van der Waals surface area (Å²) in [4.78, 5) is 2.53. The van der Waals surface area contributed by atoms with Crippen molar-refractivity contribution in [3.63, 3.8) is 0 Å². The Kier molecular flexibility index (Phi) is 2.80. The van der Waals surface area contributed by atoms with Gasteiger partial charge >= 0.3 is 10.1 Å². The molecule has 5 heteroatoms. The SMILES string of the molecule is O=S(=O)(O)c1[nH]ccc1Cc1ccccc1. The molecular weight excluding hydrogens is 226 g/mol. The summed E-state index contributed by atoms with van der Waals surface area (Å²) >= 11 is 0. The minimum Gasteiger partial charge on any atom is -0.350 e. The Labute approximate surface area is 93.7 Å². The van der Waals surface area contributed by atoms with Gasteiger partial charge in [-0.2, -0.15) is 8.42 Å². The van der Waals surface area contributed by atoms with Crippen molar-refractivity contribution in [3.8, 4) is 0 Å². The van der Waals surface area contributed by atoms with Gasteiger partial charge in [0.05, 0.1) is 0 Å². The van der Waals surface area contributed by atoms with Crippen LogP contribution in [0.3, 0.4) is 0 Å². The fourth-order valence-corrected chi connectivity index (χ4v) is 2.27. The third kappa shape index (κ3) is 2.32. The predicted octanol–water partition coefficient (Wildman–Crippen LogP) is 1.85. The molecule has 2 aromatic rings. The van der Waals surface area contributed by atoms with Crippen LogP contribution in [0.4, 0.5) is 0 Å². The maximum Gasteiger partial charge on any atom is 0.310 e. The van der Waals surface area contributed by atoms with E-state index in [9.17, 15) is 8.42 Å². The molecule has 4 nitrogen and oxygen atoms in total. The largest absolute Gasteiger partial charge is 0.350 e. The molecule has 0 radical (unpaired) electrons. The van der Waals surface area contributed by atoms with Gasteiger partial charge in [-0.25, -0.2) is 0 Å². The summed E-state index contributed by atoms with van der Waals surface area (Å²) in [6.45, 7) is 0. The van der Waals surface area contributed by atoms with E-state index in [1.807, 2.05) is 30.3 Å². The summed E-state index contributed by atoms with van der Waals surface area (Å²) in [5, 5.41) is -0.128. The van der Waals surface area contributed by atoms with Crippen LogP contribution in [0, 0.1) is 0 Å². The predicted molar refractivity (Wildman–Crippen MR) is 59.9 cm³/mol. The Morgan fingerprint density at radius 3 is 2.44 bits per heavy atom. The van der Waals surface area contributed by atoms with Gasteiger partial charge in [0.15, 0.2) is 5.03 Å². The lowest BCUT2D eigenvalue weighted by Gasteiger charge is -2.01. The number of H-pyrrole nitrogens is 1. The number of benzene rings is 1. The fraction of sp³-hybridized carbons (Fsp3) is 0.0909. The van der Waals surface area contributed by atoms with E-state index in [0.717, 1.165) is 5.56 Å². The minimum atomic E-state index is -4.17. The topological polar surface area (TPSA) is 70.2 Å². The van der Waals surface area contributed by atoms with E-state index in [4.69, 9.17) is 4.55 Å². The zero-order valence-corrected chi connectivity index (χ0v) is 9.24. The van der Waals surface area contributed by atoms with Gasteiger partial charge in [0.25, 0.3) is 0 Å². The van der Waals surface area contributed by atoms with Crippen LogP contribution >= 0.6 is 0 Å². The molecule has 2 rings (SSSR count). The molecule has 0 aliphatic carbocycles. The van der Waals surface area contributed by atoms with Crippen molar-refractivity contribution in [2.24, 2.45) is 0 Å². The highest BCUT2D eigenvalue weighted by Gasteiger charge is 2.16. The molecule has 1 aromatic carbocycles. The Hall–Kier alpha value is -1.59. The van der Waals surface area contributed by atoms with Gasteiger partial charge in [0.2, 0.25) is 0 Å². The van der Waals surface area contributed by atoms with Crippen molar-refractivity contribution < 1.29 is 13.0 Å². The summed E-state index contributed by atoms with van der Waals surface area (Å²) in [5.74, 6) is 0. The average molecular weight is 237 g/mol. The standard InChI is InChI=1S/C11H11NO3S/c13-16(14,15)11-10(6-7-12-11)8-9-4-2-1-3-5-9/h1-7,12H,8H2,(H,13,14,15). The molecule has 1 aromatic heterocycles. The first-order valence-electron chi connectivity index (χ1n) is 4.75. The zero-order chi connectivity index (χ0) is 11.6. The second kappa shape index (κ2) is 4.11. The van der Waals surface area contributed by atoms with Crippen molar-refractivity contribution in [1.29, 1.82) is 0 Å². The van der Waals surface area contributed by atoms with Gasteiger partial charge in [-0.05, 0) is 17.2 Å². The summed E-state index contributed by atoms with van der Waals surface area (Å²) in [5.41, 5.74) is 1.56. The number of rotatable bonds is 3. The van der Waals surface area contributed by atoms with Crippen molar-refractivity contribution in [2.45, 2.75) is 11.4 Å². The molecule has 0 unspecified atom stereocenters. The molecule has 1 heterocycles. The maximum absolute atomic E-state index is 11.0. The van der Waals surface area contributed by atoms with Crippen LogP contribution in [-0.2, 0) is 16.5 Å². The molecule has 0 aliphatic rings. The van der Waals surface area contributed by atoms with E-state index in [2.05, 4.69) is 4.98 Å².